The Morgan fingerprint density at radius 1 is 0.935 bits per heavy atom. The summed E-state index contributed by atoms with van der Waals surface area (Å²) in [6, 6.07) is 24.9. The molecule has 0 spiro atoms. The zero-order chi connectivity index (χ0) is 21.6. The first-order valence-electron chi connectivity index (χ1n) is 9.64. The average Bonchev–Trinajstić information content (AvgIpc) is 2.81. The van der Waals surface area contributed by atoms with Crippen molar-refractivity contribution >= 4 is 46.0 Å². The number of thioether (sulfide) groups is 1. The molecule has 4 aromatic rings. The third kappa shape index (κ3) is 5.29. The first kappa shape index (κ1) is 21.0. The topological polar surface area (TPSA) is 67.2 Å². The third-order valence-electron chi connectivity index (χ3n) is 4.54. The molecular formula is C24H19ClN4OS. The highest BCUT2D eigenvalue weighted by Crippen LogP contribution is 2.30. The molecular weight excluding hydrogens is 428 g/mol. The number of carbonyl (C=O) groups excluding carboxylic acids is 1. The second-order valence-corrected chi connectivity index (χ2v) is 8.16. The minimum Gasteiger partial charge on any atom is -0.272 e. The fraction of sp³-hybridized carbons (Fsp3) is 0.0833. The summed E-state index contributed by atoms with van der Waals surface area (Å²) in [5.74, 6) is -0.0446. The summed E-state index contributed by atoms with van der Waals surface area (Å²) < 4.78 is 0. The first-order valence-corrected chi connectivity index (χ1v) is 11.0. The van der Waals surface area contributed by atoms with Crippen molar-refractivity contribution < 1.29 is 4.79 Å². The molecule has 3 aromatic carbocycles. The molecule has 0 aliphatic heterocycles. The van der Waals surface area contributed by atoms with E-state index in [9.17, 15) is 4.79 Å². The van der Waals surface area contributed by atoms with Crippen molar-refractivity contribution in [1.29, 1.82) is 0 Å². The van der Waals surface area contributed by atoms with Crippen LogP contribution in [0.15, 0.2) is 89.0 Å². The largest absolute Gasteiger partial charge is 0.272 e. The van der Waals surface area contributed by atoms with E-state index in [-0.39, 0.29) is 11.7 Å². The third-order valence-corrected chi connectivity index (χ3v) is 5.75. The number of nitrogens with one attached hydrogen (secondary N) is 1. The van der Waals surface area contributed by atoms with Crippen LogP contribution in [0, 0.1) is 0 Å². The molecule has 1 amide bonds. The zero-order valence-corrected chi connectivity index (χ0v) is 18.3. The molecule has 1 heterocycles. The predicted molar refractivity (Wildman–Crippen MR) is 128 cm³/mol. The Balaban J connectivity index is 1.51. The van der Waals surface area contributed by atoms with Gasteiger partial charge in [-0.1, -0.05) is 78.0 Å². The maximum Gasteiger partial charge on any atom is 0.250 e. The normalized spacial score (nSPS) is 11.5. The number of para-hydroxylation sites is 2. The van der Waals surface area contributed by atoms with E-state index < -0.39 is 0 Å². The molecule has 5 nitrogen and oxygen atoms in total. The number of halogens is 1. The van der Waals surface area contributed by atoms with Gasteiger partial charge in [0.15, 0.2) is 0 Å². The Labute approximate surface area is 189 Å². The number of hydrogen-bond donors (Lipinski definition) is 1. The average molecular weight is 447 g/mol. The molecule has 154 valence electrons. The second kappa shape index (κ2) is 9.73. The van der Waals surface area contributed by atoms with Crippen molar-refractivity contribution in [2.45, 2.75) is 11.9 Å². The van der Waals surface area contributed by atoms with Crippen LogP contribution < -0.4 is 5.43 Å². The number of rotatable bonds is 6. The van der Waals surface area contributed by atoms with Gasteiger partial charge in [-0.05, 0) is 36.8 Å². The van der Waals surface area contributed by atoms with Crippen molar-refractivity contribution in [3.05, 3.63) is 89.4 Å². The smallest absolute Gasteiger partial charge is 0.250 e. The number of fused-ring (bicyclic) bond motifs is 1. The fourth-order valence-electron chi connectivity index (χ4n) is 2.94. The molecule has 0 aliphatic rings. The zero-order valence-electron chi connectivity index (χ0n) is 16.7. The minimum absolute atomic E-state index is 0.171. The molecule has 0 fully saturated rings. The maximum absolute atomic E-state index is 12.4. The van der Waals surface area contributed by atoms with E-state index in [0.717, 1.165) is 27.9 Å². The summed E-state index contributed by atoms with van der Waals surface area (Å²) in [5.41, 5.74) is 7.53. The molecule has 0 saturated carbocycles. The number of hydrogen-bond acceptors (Lipinski definition) is 5. The van der Waals surface area contributed by atoms with Gasteiger partial charge in [0, 0.05) is 10.6 Å². The SMILES string of the molecule is C/C(=N\NC(=O)CSc1nc2ccccc2nc1-c1ccccc1)c1ccc(Cl)cc1. The molecule has 31 heavy (non-hydrogen) atoms. The number of nitrogens with zero attached hydrogens (tertiary/aromatic N) is 3. The Morgan fingerprint density at radius 3 is 2.29 bits per heavy atom. The van der Waals surface area contributed by atoms with Crippen LogP contribution >= 0.6 is 23.4 Å². The van der Waals surface area contributed by atoms with Gasteiger partial charge in [-0.2, -0.15) is 5.10 Å². The van der Waals surface area contributed by atoms with E-state index in [1.807, 2.05) is 73.7 Å². The Hall–Kier alpha value is -3.22. The summed E-state index contributed by atoms with van der Waals surface area (Å²) in [7, 11) is 0. The van der Waals surface area contributed by atoms with Crippen LogP contribution in [0.2, 0.25) is 5.02 Å². The van der Waals surface area contributed by atoms with E-state index >= 15 is 0 Å². The molecule has 0 unspecified atom stereocenters. The summed E-state index contributed by atoms with van der Waals surface area (Å²) >= 11 is 7.26. The lowest BCUT2D eigenvalue weighted by Crippen LogP contribution is -2.21. The molecule has 1 aromatic heterocycles. The van der Waals surface area contributed by atoms with Crippen molar-refractivity contribution in [3.8, 4) is 11.3 Å². The number of carbonyl (C=O) groups is 1. The van der Waals surface area contributed by atoms with Crippen LogP contribution in [0.3, 0.4) is 0 Å². The highest BCUT2D eigenvalue weighted by molar-refractivity contribution is 8.00. The van der Waals surface area contributed by atoms with Crippen LogP contribution in [0.4, 0.5) is 0 Å². The molecule has 7 heteroatoms. The van der Waals surface area contributed by atoms with Crippen molar-refractivity contribution in [1.82, 2.24) is 15.4 Å². The molecule has 0 bridgehead atoms. The van der Waals surface area contributed by atoms with E-state index in [2.05, 4.69) is 10.5 Å². The molecule has 0 saturated heterocycles. The van der Waals surface area contributed by atoms with E-state index in [1.165, 1.54) is 11.8 Å². The van der Waals surface area contributed by atoms with Gasteiger partial charge in [0.25, 0.3) is 0 Å². The quantitative estimate of drug-likeness (QED) is 0.238. The van der Waals surface area contributed by atoms with Gasteiger partial charge in [-0.25, -0.2) is 15.4 Å². The fourth-order valence-corrected chi connectivity index (χ4v) is 3.86. The van der Waals surface area contributed by atoms with E-state index in [0.29, 0.717) is 15.8 Å². The number of hydrazone groups is 1. The highest BCUT2D eigenvalue weighted by Gasteiger charge is 2.13. The Bertz CT molecular complexity index is 1240. The van der Waals surface area contributed by atoms with E-state index in [1.54, 1.807) is 12.1 Å². The summed E-state index contributed by atoms with van der Waals surface area (Å²) in [6.07, 6.45) is 0. The van der Waals surface area contributed by atoms with Crippen molar-refractivity contribution in [2.75, 3.05) is 5.75 Å². The van der Waals surface area contributed by atoms with Gasteiger partial charge >= 0.3 is 0 Å². The number of aromatic nitrogens is 2. The van der Waals surface area contributed by atoms with Crippen LogP contribution in [-0.2, 0) is 4.79 Å². The van der Waals surface area contributed by atoms with Gasteiger partial charge in [0.1, 0.15) is 10.7 Å². The monoisotopic (exact) mass is 446 g/mol. The predicted octanol–water partition coefficient (Wildman–Crippen LogP) is 5.58. The standard InChI is InChI=1S/C24H19ClN4OS/c1-16(17-11-13-19(25)14-12-17)28-29-22(30)15-31-24-23(18-7-3-2-4-8-18)26-20-9-5-6-10-21(20)27-24/h2-14H,15H2,1H3,(H,29,30)/b28-16+. The summed E-state index contributed by atoms with van der Waals surface area (Å²) in [6.45, 7) is 1.83. The molecule has 0 atom stereocenters. The minimum atomic E-state index is -0.215. The maximum atomic E-state index is 12.4. The first-order chi connectivity index (χ1) is 15.1. The van der Waals surface area contributed by atoms with Crippen molar-refractivity contribution in [3.63, 3.8) is 0 Å². The number of amides is 1. The molecule has 0 radical (unpaired) electrons. The summed E-state index contributed by atoms with van der Waals surface area (Å²) in [4.78, 5) is 21.9. The van der Waals surface area contributed by atoms with Crippen LogP contribution in [0.5, 0.6) is 0 Å². The van der Waals surface area contributed by atoms with Gasteiger partial charge in [-0.15, -0.1) is 0 Å². The Kier molecular flexibility index (Phi) is 6.60. The van der Waals surface area contributed by atoms with Gasteiger partial charge < -0.3 is 0 Å². The van der Waals surface area contributed by atoms with E-state index in [4.69, 9.17) is 21.6 Å². The summed E-state index contributed by atoms with van der Waals surface area (Å²) in [5, 5.41) is 5.55. The lowest BCUT2D eigenvalue weighted by atomic mass is 10.1. The Morgan fingerprint density at radius 2 is 1.58 bits per heavy atom. The van der Waals surface area contributed by atoms with Crippen LogP contribution in [-0.4, -0.2) is 27.3 Å². The van der Waals surface area contributed by atoms with Gasteiger partial charge in [-0.3, -0.25) is 4.79 Å². The molecule has 4 rings (SSSR count). The van der Waals surface area contributed by atoms with Crippen LogP contribution in [0.1, 0.15) is 12.5 Å². The van der Waals surface area contributed by atoms with Crippen molar-refractivity contribution in [2.24, 2.45) is 5.10 Å². The lowest BCUT2D eigenvalue weighted by molar-refractivity contribution is -0.118. The lowest BCUT2D eigenvalue weighted by Gasteiger charge is -2.09. The molecule has 0 aliphatic carbocycles. The molecule has 1 N–H and O–H groups in total. The van der Waals surface area contributed by atoms with Gasteiger partial charge in [0.2, 0.25) is 5.91 Å². The second-order valence-electron chi connectivity index (χ2n) is 6.76. The van der Waals surface area contributed by atoms with Gasteiger partial charge in [0.05, 0.1) is 22.5 Å². The van der Waals surface area contributed by atoms with Crippen LogP contribution in [0.25, 0.3) is 22.3 Å². The highest BCUT2D eigenvalue weighted by atomic mass is 35.5. The number of benzene rings is 3.